The predicted molar refractivity (Wildman–Crippen MR) is 120 cm³/mol. The number of aromatic nitrogens is 3. The lowest BCUT2D eigenvalue weighted by Crippen LogP contribution is -2.52. The fourth-order valence-corrected chi connectivity index (χ4v) is 4.02. The van der Waals surface area contributed by atoms with E-state index in [0.717, 1.165) is 0 Å². The van der Waals surface area contributed by atoms with Gasteiger partial charge >= 0.3 is 0 Å². The maximum absolute atomic E-state index is 13.6. The fourth-order valence-electron chi connectivity index (χ4n) is 3.79. The zero-order valence-corrected chi connectivity index (χ0v) is 18.5. The Morgan fingerprint density at radius 3 is 2.73 bits per heavy atom. The summed E-state index contributed by atoms with van der Waals surface area (Å²) in [5.74, 6) is 0.786. The summed E-state index contributed by atoms with van der Waals surface area (Å²) in [7, 11) is 1.47. The third kappa shape index (κ3) is 3.79. The van der Waals surface area contributed by atoms with Gasteiger partial charge in [0, 0.05) is 30.4 Å². The lowest BCUT2D eigenvalue weighted by Gasteiger charge is -2.38. The quantitative estimate of drug-likeness (QED) is 0.713. The number of methoxy groups -OCH3 is 1. The molecule has 1 N–H and O–H groups in total. The average molecular weight is 473 g/mol. The van der Waals surface area contributed by atoms with Gasteiger partial charge in [-0.2, -0.15) is 14.9 Å². The second-order valence-corrected chi connectivity index (χ2v) is 7.78. The molecule has 0 spiro atoms. The molecule has 2 aromatic rings. The number of fused-ring (bicyclic) bond motifs is 1. The molecule has 0 radical (unpaired) electrons. The number of rotatable bonds is 5. The summed E-state index contributed by atoms with van der Waals surface area (Å²) in [6.45, 7) is 5.90. The van der Waals surface area contributed by atoms with Crippen molar-refractivity contribution in [3.63, 3.8) is 0 Å². The van der Waals surface area contributed by atoms with E-state index in [1.54, 1.807) is 36.1 Å². The molecule has 0 atom stereocenters. The summed E-state index contributed by atoms with van der Waals surface area (Å²) in [6.07, 6.45) is 3.00. The maximum atomic E-state index is 13.6. The van der Waals surface area contributed by atoms with Crippen LogP contribution in [-0.2, 0) is 4.74 Å². The van der Waals surface area contributed by atoms with Crippen molar-refractivity contribution in [2.75, 3.05) is 25.1 Å². The zero-order valence-electron chi connectivity index (χ0n) is 17.8. The van der Waals surface area contributed by atoms with Crippen LogP contribution in [0.3, 0.4) is 0 Å². The number of β-amino-alcohol motifs (C(OH)–C–C–N with tert-alkyl or cyclic N) is 1. The van der Waals surface area contributed by atoms with E-state index in [1.807, 2.05) is 0 Å². The Bertz CT molecular complexity index is 1310. The van der Waals surface area contributed by atoms with Gasteiger partial charge in [-0.25, -0.2) is 13.8 Å². The number of nitriles is 1. The molecule has 11 heteroatoms. The summed E-state index contributed by atoms with van der Waals surface area (Å²) in [5, 5.41) is 23.7. The van der Waals surface area contributed by atoms with Gasteiger partial charge in [0.15, 0.2) is 11.4 Å². The highest BCUT2D eigenvalue weighted by Gasteiger charge is 2.32. The first-order valence-electron chi connectivity index (χ1n) is 9.88. The predicted octanol–water partition coefficient (Wildman–Crippen LogP) is 3.66. The van der Waals surface area contributed by atoms with Crippen LogP contribution < -0.4 is 4.90 Å². The molecule has 1 saturated heterocycles. The molecule has 170 valence electrons. The molecule has 33 heavy (non-hydrogen) atoms. The monoisotopic (exact) mass is 472 g/mol. The van der Waals surface area contributed by atoms with E-state index >= 15 is 0 Å². The van der Waals surface area contributed by atoms with Crippen LogP contribution in [0.25, 0.3) is 11.7 Å². The van der Waals surface area contributed by atoms with Gasteiger partial charge in [0.2, 0.25) is 0 Å². The van der Waals surface area contributed by atoms with Crippen LogP contribution in [0.15, 0.2) is 46.3 Å². The highest BCUT2D eigenvalue weighted by Crippen LogP contribution is 2.35. The topological polar surface area (TPSA) is 99.0 Å². The lowest BCUT2D eigenvalue weighted by atomic mass is 9.99. The number of anilines is 1. The third-order valence-electron chi connectivity index (χ3n) is 5.31. The van der Waals surface area contributed by atoms with Gasteiger partial charge in [-0.15, -0.1) is 0 Å². The molecule has 2 aliphatic rings. The average Bonchev–Trinajstić information content (AvgIpc) is 3.12. The number of allylic oxidation sites excluding steroid dienone is 4. The molecule has 0 bridgehead atoms. The van der Waals surface area contributed by atoms with E-state index in [0.29, 0.717) is 39.2 Å². The third-order valence-corrected chi connectivity index (χ3v) is 5.61. The van der Waals surface area contributed by atoms with E-state index in [-0.39, 0.29) is 24.3 Å². The number of hydrogen-bond acceptors (Lipinski definition) is 7. The second-order valence-electron chi connectivity index (χ2n) is 7.38. The number of ether oxygens (including phenoxy) is 1. The van der Waals surface area contributed by atoms with Gasteiger partial charge in [-0.3, -0.25) is 4.99 Å². The number of nitrogens with zero attached hydrogens (tertiary/aromatic N) is 6. The van der Waals surface area contributed by atoms with E-state index in [2.05, 4.69) is 21.7 Å². The normalized spacial score (nSPS) is 19.0. The Hall–Kier alpha value is -3.55. The molecule has 1 aliphatic carbocycles. The van der Waals surface area contributed by atoms with Crippen molar-refractivity contribution < 1.29 is 18.6 Å². The molecular weight excluding hydrogens is 454 g/mol. The minimum absolute atomic E-state index is 0.0310. The van der Waals surface area contributed by atoms with Gasteiger partial charge in [0.1, 0.15) is 28.9 Å². The summed E-state index contributed by atoms with van der Waals surface area (Å²) < 4.78 is 33.8. The largest absolute Gasteiger partial charge is 0.493 e. The Labute approximate surface area is 193 Å². The molecule has 3 heterocycles. The van der Waals surface area contributed by atoms with Crippen molar-refractivity contribution in [2.45, 2.75) is 19.5 Å². The fraction of sp³-hybridized carbons (Fsp3) is 0.273. The molecule has 0 unspecified atom stereocenters. The van der Waals surface area contributed by atoms with Gasteiger partial charge in [-0.1, -0.05) is 24.3 Å². The number of aliphatic hydroxyl groups excluding tert-OH is 1. The molecule has 0 saturated carbocycles. The van der Waals surface area contributed by atoms with Crippen molar-refractivity contribution in [3.05, 3.63) is 63.8 Å². The standard InChI is InChI=1S/C22H19ClF2N6O2/c1-4-27-17-12(5-6-16(23)19(17)33-3)7-14-11(2)28-21-15(8-26)18(20(24)25)29-31(21)22(14)30-9-13(32)10-30/h4-7,13,20,32H,1,9-10H2,2-3H3/b12-7+,27-17?. The lowest BCUT2D eigenvalue weighted by molar-refractivity contribution is 0.139. The summed E-state index contributed by atoms with van der Waals surface area (Å²) >= 11 is 6.25. The van der Waals surface area contributed by atoms with Gasteiger partial charge in [0.25, 0.3) is 6.43 Å². The number of aliphatic imine (C=N–C) groups is 1. The smallest absolute Gasteiger partial charge is 0.283 e. The SMILES string of the molecule is C=CN=C1C(OC)=C(Cl)C=C/C1=C\c1c(C)nc2c(C#N)c(C(F)F)nn2c1N1CC(O)C1. The van der Waals surface area contributed by atoms with Gasteiger partial charge in [0.05, 0.1) is 23.9 Å². The molecule has 0 amide bonds. The highest BCUT2D eigenvalue weighted by atomic mass is 35.5. The first-order valence-corrected chi connectivity index (χ1v) is 10.3. The molecule has 0 aromatic carbocycles. The van der Waals surface area contributed by atoms with Crippen molar-refractivity contribution in [3.8, 4) is 6.07 Å². The Morgan fingerprint density at radius 2 is 2.15 bits per heavy atom. The summed E-state index contributed by atoms with van der Waals surface area (Å²) in [4.78, 5) is 10.5. The number of alkyl halides is 2. The molecule has 1 fully saturated rings. The van der Waals surface area contributed by atoms with Crippen molar-refractivity contribution >= 4 is 34.9 Å². The molecular formula is C22H19ClF2N6O2. The van der Waals surface area contributed by atoms with Crippen molar-refractivity contribution in [2.24, 2.45) is 4.99 Å². The molecule has 8 nitrogen and oxygen atoms in total. The van der Waals surface area contributed by atoms with Crippen LogP contribution >= 0.6 is 11.6 Å². The van der Waals surface area contributed by atoms with Gasteiger partial charge < -0.3 is 14.7 Å². The number of aryl methyl sites for hydroxylation is 1. The van der Waals surface area contributed by atoms with Crippen molar-refractivity contribution in [1.82, 2.24) is 14.6 Å². The van der Waals surface area contributed by atoms with Gasteiger partial charge in [-0.05, 0) is 19.1 Å². The first-order chi connectivity index (χ1) is 15.8. The van der Waals surface area contributed by atoms with Crippen LogP contribution in [0.1, 0.15) is 28.9 Å². The van der Waals surface area contributed by atoms with Crippen molar-refractivity contribution in [1.29, 1.82) is 5.26 Å². The van der Waals surface area contributed by atoms with Crippen LogP contribution in [0.2, 0.25) is 0 Å². The van der Waals surface area contributed by atoms with Crippen LogP contribution in [0, 0.1) is 18.3 Å². The van der Waals surface area contributed by atoms with E-state index < -0.39 is 18.2 Å². The minimum Gasteiger partial charge on any atom is -0.493 e. The van der Waals surface area contributed by atoms with E-state index in [9.17, 15) is 19.1 Å². The van der Waals surface area contributed by atoms with E-state index in [4.69, 9.17) is 16.3 Å². The van der Waals surface area contributed by atoms with Crippen LogP contribution in [0.4, 0.5) is 14.6 Å². The highest BCUT2D eigenvalue weighted by molar-refractivity contribution is 6.36. The Morgan fingerprint density at radius 1 is 1.42 bits per heavy atom. The number of halogens is 3. The zero-order chi connectivity index (χ0) is 23.9. The number of hydrogen-bond donors (Lipinski definition) is 1. The van der Waals surface area contributed by atoms with Crippen LogP contribution in [0.5, 0.6) is 0 Å². The molecule has 2 aromatic heterocycles. The summed E-state index contributed by atoms with van der Waals surface area (Å²) in [5.41, 5.74) is 1.20. The molecule has 1 aliphatic heterocycles. The minimum atomic E-state index is -2.94. The van der Waals surface area contributed by atoms with Crippen LogP contribution in [-0.4, -0.2) is 51.7 Å². The second kappa shape index (κ2) is 8.77. The summed E-state index contributed by atoms with van der Waals surface area (Å²) in [6, 6.07) is 1.79. The van der Waals surface area contributed by atoms with E-state index in [1.165, 1.54) is 17.8 Å². The Kier molecular flexibility index (Phi) is 6.01. The first kappa shape index (κ1) is 22.6. The molecule has 4 rings (SSSR count). The maximum Gasteiger partial charge on any atom is 0.283 e. The Balaban J connectivity index is 2.00. The number of aliphatic hydroxyl groups is 1.